The maximum atomic E-state index is 14.1. The van der Waals surface area contributed by atoms with Gasteiger partial charge >= 0.3 is 0 Å². The molecular formula is C30H30N2O9. The number of phenols is 1. The third kappa shape index (κ3) is 3.76. The second-order valence-electron chi connectivity index (χ2n) is 11.4. The fourth-order valence-corrected chi connectivity index (χ4v) is 7.23. The van der Waals surface area contributed by atoms with Crippen molar-refractivity contribution < 1.29 is 44.1 Å². The van der Waals surface area contributed by atoms with Gasteiger partial charge in [-0.15, -0.1) is 0 Å². The molecule has 0 radical (unpaired) electrons. The monoisotopic (exact) mass is 562 g/mol. The number of likely N-dealkylation sites (N-methyl/N-ethyl adjacent to an activating group) is 1. The van der Waals surface area contributed by atoms with Gasteiger partial charge in [-0.2, -0.15) is 0 Å². The number of amides is 1. The Hall–Kier alpha value is -4.06. The number of fused-ring (bicyclic) bond motifs is 3. The van der Waals surface area contributed by atoms with Crippen LogP contribution >= 0.6 is 0 Å². The Morgan fingerprint density at radius 3 is 2.27 bits per heavy atom. The fraction of sp³-hybridized carbons (Fsp3) is 0.400. The molecule has 0 saturated heterocycles. The van der Waals surface area contributed by atoms with Crippen molar-refractivity contribution in [2.75, 3.05) is 14.1 Å². The number of aromatic hydroxyl groups is 1. The van der Waals surface area contributed by atoms with Crippen LogP contribution in [0.25, 0.3) is 11.1 Å². The lowest BCUT2D eigenvalue weighted by Gasteiger charge is -2.56. The highest BCUT2D eigenvalue weighted by molar-refractivity contribution is 6.32. The standard InChI is InChI=1S/C30H30N2O9/c1-11-17-15(14-7-5-6-13(10-14)12(2)33)8-9-16(34)19(17)24(35)20-18(11)25(36)22-23(32(3)4)26(37)21(29(31)40)28(39)30(22,41)27(20)38/h5-11,18,20-23,25,34,36,41H,1-4H3,(H2,31,40). The van der Waals surface area contributed by atoms with Crippen molar-refractivity contribution in [1.82, 2.24) is 4.90 Å². The van der Waals surface area contributed by atoms with E-state index in [9.17, 15) is 44.1 Å². The topological polar surface area (TPSA) is 192 Å². The highest BCUT2D eigenvalue weighted by Gasteiger charge is 2.73. The van der Waals surface area contributed by atoms with Crippen LogP contribution in [0.15, 0.2) is 36.4 Å². The van der Waals surface area contributed by atoms with E-state index in [1.165, 1.54) is 32.0 Å². The van der Waals surface area contributed by atoms with Gasteiger partial charge in [0, 0.05) is 11.5 Å². The summed E-state index contributed by atoms with van der Waals surface area (Å²) in [6, 6.07) is 8.03. The van der Waals surface area contributed by atoms with Gasteiger partial charge in [0.05, 0.1) is 29.5 Å². The van der Waals surface area contributed by atoms with E-state index in [-0.39, 0.29) is 11.3 Å². The van der Waals surface area contributed by atoms with Gasteiger partial charge < -0.3 is 21.1 Å². The summed E-state index contributed by atoms with van der Waals surface area (Å²) >= 11 is 0. The summed E-state index contributed by atoms with van der Waals surface area (Å²) in [5.41, 5.74) is 3.83. The van der Waals surface area contributed by atoms with E-state index in [2.05, 4.69) is 0 Å². The Bertz CT molecular complexity index is 1560. The Morgan fingerprint density at radius 1 is 1.02 bits per heavy atom. The maximum Gasteiger partial charge on any atom is 0.235 e. The molecule has 2 aromatic rings. The summed E-state index contributed by atoms with van der Waals surface area (Å²) in [6.45, 7) is 3.05. The highest BCUT2D eigenvalue weighted by Crippen LogP contribution is 2.55. The zero-order valence-corrected chi connectivity index (χ0v) is 22.8. The summed E-state index contributed by atoms with van der Waals surface area (Å²) in [4.78, 5) is 80.3. The third-order valence-electron chi connectivity index (χ3n) is 9.05. The van der Waals surface area contributed by atoms with Gasteiger partial charge in [-0.1, -0.05) is 31.2 Å². The molecule has 5 N–H and O–H groups in total. The number of rotatable bonds is 4. The molecule has 5 rings (SSSR count). The van der Waals surface area contributed by atoms with Crippen LogP contribution in [0.2, 0.25) is 0 Å². The normalized spacial score (nSPS) is 32.8. The van der Waals surface area contributed by atoms with Gasteiger partial charge in [0.15, 0.2) is 40.4 Å². The van der Waals surface area contributed by atoms with Crippen LogP contribution in [0.5, 0.6) is 5.75 Å². The quantitative estimate of drug-likeness (QED) is 0.297. The summed E-state index contributed by atoms with van der Waals surface area (Å²) in [6.07, 6.45) is -1.73. The first-order valence-electron chi connectivity index (χ1n) is 13.2. The molecule has 11 nitrogen and oxygen atoms in total. The molecule has 0 aliphatic heterocycles. The lowest BCUT2D eigenvalue weighted by Crippen LogP contribution is -2.77. The molecule has 2 saturated carbocycles. The van der Waals surface area contributed by atoms with Gasteiger partial charge in [-0.25, -0.2) is 0 Å². The Labute approximate surface area is 234 Å². The molecular weight excluding hydrogens is 532 g/mol. The van der Waals surface area contributed by atoms with Crippen LogP contribution < -0.4 is 5.73 Å². The van der Waals surface area contributed by atoms with Crippen LogP contribution in [0.4, 0.5) is 0 Å². The van der Waals surface area contributed by atoms with Crippen molar-refractivity contribution in [1.29, 1.82) is 0 Å². The SMILES string of the molecule is CC(=O)c1cccc(-c2ccc(O)c3c2C(C)C2C(C3=O)C(=O)C3(O)C(=O)C(C(N)=O)C(=O)C(N(C)C)C3C2O)c1. The Morgan fingerprint density at radius 2 is 1.68 bits per heavy atom. The van der Waals surface area contributed by atoms with Gasteiger partial charge in [-0.05, 0) is 55.8 Å². The second kappa shape index (κ2) is 9.51. The Kier molecular flexibility index (Phi) is 6.60. The lowest BCUT2D eigenvalue weighted by atomic mass is 9.49. The molecule has 8 unspecified atom stereocenters. The number of nitrogens with zero attached hydrogens (tertiary/aromatic N) is 1. The van der Waals surface area contributed by atoms with Crippen LogP contribution in [-0.2, 0) is 19.2 Å². The van der Waals surface area contributed by atoms with Crippen molar-refractivity contribution in [3.63, 3.8) is 0 Å². The number of hydrogen-bond donors (Lipinski definition) is 4. The molecule has 8 atom stereocenters. The van der Waals surface area contributed by atoms with Gasteiger partial charge in [-0.3, -0.25) is 33.7 Å². The first kappa shape index (κ1) is 28.5. The minimum absolute atomic E-state index is 0.188. The smallest absolute Gasteiger partial charge is 0.235 e. The van der Waals surface area contributed by atoms with Crippen LogP contribution in [0.1, 0.15) is 46.0 Å². The number of nitrogens with two attached hydrogens (primary N) is 1. The van der Waals surface area contributed by atoms with E-state index in [4.69, 9.17) is 5.73 Å². The summed E-state index contributed by atoms with van der Waals surface area (Å²) in [5, 5.41) is 34.4. The zero-order valence-electron chi connectivity index (χ0n) is 22.8. The van der Waals surface area contributed by atoms with Crippen LogP contribution in [0, 0.1) is 23.7 Å². The number of primary amides is 1. The number of aliphatic hydroxyl groups excluding tert-OH is 1. The van der Waals surface area contributed by atoms with Crippen molar-refractivity contribution in [3.05, 3.63) is 53.1 Å². The van der Waals surface area contributed by atoms with E-state index >= 15 is 0 Å². The van der Waals surface area contributed by atoms with E-state index in [1.807, 2.05) is 0 Å². The lowest BCUT2D eigenvalue weighted by molar-refractivity contribution is -0.196. The maximum absolute atomic E-state index is 14.1. The van der Waals surface area contributed by atoms with Crippen molar-refractivity contribution in [2.24, 2.45) is 29.4 Å². The highest BCUT2D eigenvalue weighted by atomic mass is 16.3. The number of ketones is 5. The van der Waals surface area contributed by atoms with Crippen molar-refractivity contribution >= 4 is 34.8 Å². The van der Waals surface area contributed by atoms with Gasteiger partial charge in [0.2, 0.25) is 5.91 Å². The fourth-order valence-electron chi connectivity index (χ4n) is 7.23. The molecule has 3 aliphatic carbocycles. The molecule has 11 heteroatoms. The zero-order chi connectivity index (χ0) is 30.3. The molecule has 0 spiro atoms. The average molecular weight is 563 g/mol. The second-order valence-corrected chi connectivity index (χ2v) is 11.4. The number of carbonyl (C=O) groups excluding carboxylic acids is 6. The van der Waals surface area contributed by atoms with E-state index < -0.39 is 82.1 Å². The van der Waals surface area contributed by atoms with E-state index in [0.29, 0.717) is 22.3 Å². The van der Waals surface area contributed by atoms with E-state index in [1.54, 1.807) is 37.3 Å². The number of aliphatic hydroxyl groups is 2. The first-order valence-corrected chi connectivity index (χ1v) is 13.2. The summed E-state index contributed by atoms with van der Waals surface area (Å²) in [5.74, 6) is -14.2. The molecule has 2 aromatic carbocycles. The molecule has 1 amide bonds. The molecule has 214 valence electrons. The van der Waals surface area contributed by atoms with Gasteiger partial charge in [0.1, 0.15) is 5.75 Å². The number of hydrogen-bond acceptors (Lipinski definition) is 10. The third-order valence-corrected chi connectivity index (χ3v) is 9.05. The summed E-state index contributed by atoms with van der Waals surface area (Å²) in [7, 11) is 2.87. The van der Waals surface area contributed by atoms with Crippen LogP contribution in [0.3, 0.4) is 0 Å². The molecule has 3 aliphatic rings. The molecule has 41 heavy (non-hydrogen) atoms. The van der Waals surface area contributed by atoms with E-state index in [0.717, 1.165) is 0 Å². The van der Waals surface area contributed by atoms with Gasteiger partial charge in [0.25, 0.3) is 0 Å². The predicted molar refractivity (Wildman–Crippen MR) is 143 cm³/mol. The minimum Gasteiger partial charge on any atom is -0.507 e. The molecule has 0 heterocycles. The van der Waals surface area contributed by atoms with Crippen molar-refractivity contribution in [2.45, 2.75) is 37.5 Å². The predicted octanol–water partition coefficient (Wildman–Crippen LogP) is 0.268. The number of carbonyl (C=O) groups is 6. The number of phenolic OH excluding ortho intramolecular Hbond substituents is 1. The largest absolute Gasteiger partial charge is 0.507 e. The Balaban J connectivity index is 1.74. The van der Waals surface area contributed by atoms with Crippen LogP contribution in [-0.4, -0.2) is 86.9 Å². The minimum atomic E-state index is -3.06. The number of Topliss-reactive ketones (excluding diaryl/α,β-unsaturated/α-hetero) is 5. The average Bonchev–Trinajstić information content (AvgIpc) is 2.90. The summed E-state index contributed by atoms with van der Waals surface area (Å²) < 4.78 is 0. The molecule has 0 bridgehead atoms. The first-order chi connectivity index (χ1) is 19.2. The molecule has 2 fully saturated rings. The number of benzene rings is 2. The molecule has 0 aromatic heterocycles. The van der Waals surface area contributed by atoms with Crippen molar-refractivity contribution in [3.8, 4) is 16.9 Å².